The first kappa shape index (κ1) is 11.3. The molecule has 1 atom stereocenters. The van der Waals surface area contributed by atoms with E-state index in [0.29, 0.717) is 25.9 Å². The molecular formula is C7H15N3O3S. The van der Waals surface area contributed by atoms with Gasteiger partial charge in [0.05, 0.1) is 5.75 Å². The van der Waals surface area contributed by atoms with E-state index < -0.39 is 21.2 Å². The molecule has 1 saturated heterocycles. The van der Waals surface area contributed by atoms with E-state index in [2.05, 4.69) is 10.6 Å². The summed E-state index contributed by atoms with van der Waals surface area (Å²) in [6.07, 6.45) is 1.11. The topological polar surface area (TPSA) is 101 Å². The van der Waals surface area contributed by atoms with Crippen LogP contribution in [0.2, 0.25) is 0 Å². The van der Waals surface area contributed by atoms with Crippen molar-refractivity contribution in [3.05, 3.63) is 0 Å². The van der Waals surface area contributed by atoms with Gasteiger partial charge in [-0.05, 0) is 12.8 Å². The van der Waals surface area contributed by atoms with Crippen LogP contribution in [0.15, 0.2) is 0 Å². The van der Waals surface area contributed by atoms with Crippen LogP contribution >= 0.6 is 0 Å². The second-order valence-corrected chi connectivity index (χ2v) is 5.49. The second-order valence-electron chi connectivity index (χ2n) is 3.19. The maximum absolute atomic E-state index is 11.3. The van der Waals surface area contributed by atoms with E-state index in [1.54, 1.807) is 0 Å². The monoisotopic (exact) mass is 221 g/mol. The largest absolute Gasteiger partial charge is 0.337 e. The minimum Gasteiger partial charge on any atom is -0.337 e. The van der Waals surface area contributed by atoms with Crippen molar-refractivity contribution < 1.29 is 13.2 Å². The SMILES string of the molecule is NCCNC(=O)NC1CCCS1(=O)=O. The fourth-order valence-electron chi connectivity index (χ4n) is 1.34. The van der Waals surface area contributed by atoms with Crippen LogP contribution < -0.4 is 16.4 Å². The summed E-state index contributed by atoms with van der Waals surface area (Å²) in [5.41, 5.74) is 5.18. The fraction of sp³-hybridized carbons (Fsp3) is 0.857. The molecule has 6 nitrogen and oxygen atoms in total. The molecule has 1 aliphatic rings. The molecule has 0 aromatic heterocycles. The summed E-state index contributed by atoms with van der Waals surface area (Å²) in [6.45, 7) is 0.684. The highest BCUT2D eigenvalue weighted by Crippen LogP contribution is 2.17. The molecular weight excluding hydrogens is 206 g/mol. The van der Waals surface area contributed by atoms with Crippen LogP contribution in [-0.2, 0) is 9.84 Å². The number of rotatable bonds is 3. The number of urea groups is 1. The lowest BCUT2D eigenvalue weighted by Crippen LogP contribution is -2.45. The Morgan fingerprint density at radius 1 is 1.50 bits per heavy atom. The Bertz CT molecular complexity index is 301. The standard InChI is InChI=1S/C7H15N3O3S/c8-3-4-9-7(11)10-6-2-1-5-14(6,12)13/h6H,1-5,8H2,(H2,9,10,11). The van der Waals surface area contributed by atoms with E-state index >= 15 is 0 Å². The third-order valence-electron chi connectivity index (χ3n) is 2.05. The first-order valence-electron chi connectivity index (χ1n) is 4.52. The van der Waals surface area contributed by atoms with Gasteiger partial charge in [0, 0.05) is 13.1 Å². The third kappa shape index (κ3) is 2.85. The molecule has 1 rings (SSSR count). The Morgan fingerprint density at radius 2 is 2.21 bits per heavy atom. The quantitative estimate of drug-likeness (QED) is 0.556. The molecule has 2 amide bonds. The van der Waals surface area contributed by atoms with Gasteiger partial charge in [-0.15, -0.1) is 0 Å². The Kier molecular flexibility index (Phi) is 3.70. The number of hydrogen-bond donors (Lipinski definition) is 3. The first-order chi connectivity index (χ1) is 6.56. The molecule has 7 heteroatoms. The van der Waals surface area contributed by atoms with Crippen LogP contribution in [0.25, 0.3) is 0 Å². The molecule has 1 fully saturated rings. The molecule has 0 bridgehead atoms. The van der Waals surface area contributed by atoms with Gasteiger partial charge in [0.1, 0.15) is 5.37 Å². The van der Waals surface area contributed by atoms with Crippen LogP contribution in [0.4, 0.5) is 4.79 Å². The van der Waals surface area contributed by atoms with E-state index in [0.717, 1.165) is 0 Å². The summed E-state index contributed by atoms with van der Waals surface area (Å²) < 4.78 is 22.6. The van der Waals surface area contributed by atoms with E-state index in [-0.39, 0.29) is 5.75 Å². The molecule has 82 valence electrons. The van der Waals surface area contributed by atoms with Gasteiger partial charge >= 0.3 is 6.03 Å². The van der Waals surface area contributed by atoms with Crippen LogP contribution in [-0.4, -0.2) is 38.7 Å². The lowest BCUT2D eigenvalue weighted by Gasteiger charge is -2.12. The summed E-state index contributed by atoms with van der Waals surface area (Å²) in [5.74, 6) is 0.162. The van der Waals surface area contributed by atoms with Gasteiger partial charge in [0.25, 0.3) is 0 Å². The summed E-state index contributed by atoms with van der Waals surface area (Å²) >= 11 is 0. The van der Waals surface area contributed by atoms with Gasteiger partial charge in [-0.3, -0.25) is 0 Å². The molecule has 0 aromatic carbocycles. The Morgan fingerprint density at radius 3 is 2.71 bits per heavy atom. The van der Waals surface area contributed by atoms with Gasteiger partial charge < -0.3 is 16.4 Å². The lowest BCUT2D eigenvalue weighted by atomic mass is 10.3. The van der Waals surface area contributed by atoms with E-state index in [9.17, 15) is 13.2 Å². The highest BCUT2D eigenvalue weighted by atomic mass is 32.2. The Balaban J connectivity index is 2.41. The Hall–Kier alpha value is -0.820. The number of carbonyl (C=O) groups excluding carboxylic acids is 1. The van der Waals surface area contributed by atoms with Crippen molar-refractivity contribution in [3.8, 4) is 0 Å². The number of nitrogens with one attached hydrogen (secondary N) is 2. The highest BCUT2D eigenvalue weighted by Gasteiger charge is 2.32. The highest BCUT2D eigenvalue weighted by molar-refractivity contribution is 7.92. The molecule has 0 saturated carbocycles. The zero-order valence-electron chi connectivity index (χ0n) is 7.82. The molecule has 0 spiro atoms. The average Bonchev–Trinajstić information content (AvgIpc) is 2.43. The maximum Gasteiger partial charge on any atom is 0.315 e. The summed E-state index contributed by atoms with van der Waals surface area (Å²) in [6, 6.07) is -0.467. The number of sulfone groups is 1. The number of carbonyl (C=O) groups is 1. The van der Waals surface area contributed by atoms with Crippen LogP contribution in [0.1, 0.15) is 12.8 Å². The van der Waals surface area contributed by atoms with Crippen molar-refractivity contribution in [1.29, 1.82) is 0 Å². The minimum atomic E-state index is -3.11. The van der Waals surface area contributed by atoms with Crippen LogP contribution in [0, 0.1) is 0 Å². The van der Waals surface area contributed by atoms with Crippen molar-refractivity contribution in [1.82, 2.24) is 10.6 Å². The lowest BCUT2D eigenvalue weighted by molar-refractivity contribution is 0.240. The number of amides is 2. The maximum atomic E-state index is 11.3. The van der Waals surface area contributed by atoms with Gasteiger partial charge in [0.15, 0.2) is 9.84 Å². The van der Waals surface area contributed by atoms with E-state index in [1.165, 1.54) is 0 Å². The summed E-state index contributed by atoms with van der Waals surface area (Å²) in [4.78, 5) is 11.1. The normalized spacial score (nSPS) is 24.5. The predicted molar refractivity (Wildman–Crippen MR) is 52.4 cm³/mol. The molecule has 1 aliphatic heterocycles. The predicted octanol–water partition coefficient (Wildman–Crippen LogP) is -1.22. The summed E-state index contributed by atoms with van der Waals surface area (Å²) in [5, 5.41) is 4.15. The van der Waals surface area contributed by atoms with Crippen molar-refractivity contribution >= 4 is 15.9 Å². The second kappa shape index (κ2) is 4.61. The van der Waals surface area contributed by atoms with Crippen molar-refractivity contribution in [2.24, 2.45) is 5.73 Å². The average molecular weight is 221 g/mol. The zero-order chi connectivity index (χ0) is 10.6. The fourth-order valence-corrected chi connectivity index (χ4v) is 3.00. The molecule has 0 radical (unpaired) electrons. The first-order valence-corrected chi connectivity index (χ1v) is 6.24. The van der Waals surface area contributed by atoms with Gasteiger partial charge in [0.2, 0.25) is 0 Å². The van der Waals surface area contributed by atoms with E-state index in [1.807, 2.05) is 0 Å². The Labute approximate surface area is 83.1 Å². The molecule has 1 unspecified atom stereocenters. The van der Waals surface area contributed by atoms with Crippen LogP contribution in [0.3, 0.4) is 0 Å². The van der Waals surface area contributed by atoms with Gasteiger partial charge in [-0.1, -0.05) is 0 Å². The third-order valence-corrected chi connectivity index (χ3v) is 4.13. The summed E-state index contributed by atoms with van der Waals surface area (Å²) in [7, 11) is -3.11. The van der Waals surface area contributed by atoms with Crippen molar-refractivity contribution in [2.75, 3.05) is 18.8 Å². The smallest absolute Gasteiger partial charge is 0.315 e. The van der Waals surface area contributed by atoms with Gasteiger partial charge in [-0.25, -0.2) is 13.2 Å². The van der Waals surface area contributed by atoms with Crippen molar-refractivity contribution in [2.45, 2.75) is 18.2 Å². The molecule has 14 heavy (non-hydrogen) atoms. The molecule has 1 heterocycles. The van der Waals surface area contributed by atoms with Crippen molar-refractivity contribution in [3.63, 3.8) is 0 Å². The van der Waals surface area contributed by atoms with Crippen LogP contribution in [0.5, 0.6) is 0 Å². The minimum absolute atomic E-state index is 0.162. The number of hydrogen-bond acceptors (Lipinski definition) is 4. The molecule has 4 N–H and O–H groups in total. The molecule has 0 aliphatic carbocycles. The van der Waals surface area contributed by atoms with E-state index in [4.69, 9.17) is 5.73 Å². The number of nitrogens with two attached hydrogens (primary N) is 1. The van der Waals surface area contributed by atoms with Gasteiger partial charge in [-0.2, -0.15) is 0 Å². The zero-order valence-corrected chi connectivity index (χ0v) is 8.64. The molecule has 0 aromatic rings.